The number of morpholine rings is 1. The van der Waals surface area contributed by atoms with E-state index in [-0.39, 0.29) is 11.9 Å². The van der Waals surface area contributed by atoms with Crippen molar-refractivity contribution in [3.8, 4) is 5.75 Å². The maximum atomic E-state index is 12.0. The Labute approximate surface area is 119 Å². The van der Waals surface area contributed by atoms with Gasteiger partial charge in [-0.3, -0.25) is 4.79 Å². The van der Waals surface area contributed by atoms with Crippen molar-refractivity contribution in [1.29, 1.82) is 0 Å². The maximum Gasteiger partial charge on any atom is 0.250 e. The van der Waals surface area contributed by atoms with Crippen molar-refractivity contribution in [3.05, 3.63) is 30.3 Å². The monoisotopic (exact) mass is 278 g/mol. The van der Waals surface area contributed by atoms with Crippen LogP contribution < -0.4 is 15.4 Å². The predicted molar refractivity (Wildman–Crippen MR) is 76.8 cm³/mol. The number of nitrogens with one attached hydrogen (secondary N) is 2. The van der Waals surface area contributed by atoms with Crippen LogP contribution in [0.25, 0.3) is 0 Å². The Hall–Kier alpha value is -1.59. The van der Waals surface area contributed by atoms with Crippen LogP contribution in [0, 0.1) is 0 Å². The van der Waals surface area contributed by atoms with E-state index in [9.17, 15) is 4.79 Å². The van der Waals surface area contributed by atoms with Crippen molar-refractivity contribution in [2.45, 2.75) is 25.5 Å². The molecule has 2 atom stereocenters. The summed E-state index contributed by atoms with van der Waals surface area (Å²) in [4.78, 5) is 12.0. The van der Waals surface area contributed by atoms with Crippen molar-refractivity contribution in [2.24, 2.45) is 0 Å². The van der Waals surface area contributed by atoms with E-state index in [0.717, 1.165) is 18.7 Å². The van der Waals surface area contributed by atoms with Gasteiger partial charge in [-0.2, -0.15) is 0 Å². The molecule has 1 heterocycles. The number of para-hydroxylation sites is 1. The lowest BCUT2D eigenvalue weighted by atomic mass is 10.2. The Morgan fingerprint density at radius 1 is 1.50 bits per heavy atom. The quantitative estimate of drug-likeness (QED) is 0.813. The minimum absolute atomic E-state index is 0.00627. The third-order valence-corrected chi connectivity index (χ3v) is 3.25. The Bertz CT molecular complexity index is 405. The zero-order chi connectivity index (χ0) is 14.2. The van der Waals surface area contributed by atoms with Crippen molar-refractivity contribution in [1.82, 2.24) is 10.6 Å². The van der Waals surface area contributed by atoms with Crippen LogP contribution in [-0.2, 0) is 9.53 Å². The number of ether oxygens (including phenoxy) is 2. The van der Waals surface area contributed by atoms with Crippen LogP contribution in [0.4, 0.5) is 0 Å². The van der Waals surface area contributed by atoms with Gasteiger partial charge in [-0.25, -0.2) is 0 Å². The van der Waals surface area contributed by atoms with Crippen molar-refractivity contribution >= 4 is 5.91 Å². The van der Waals surface area contributed by atoms with Crippen LogP contribution in [0.2, 0.25) is 0 Å². The minimum atomic E-state index is -0.394. The lowest BCUT2D eigenvalue weighted by Gasteiger charge is -2.25. The van der Waals surface area contributed by atoms with Crippen LogP contribution in [-0.4, -0.2) is 44.4 Å². The lowest BCUT2D eigenvalue weighted by Crippen LogP contribution is -2.51. The van der Waals surface area contributed by atoms with Gasteiger partial charge in [-0.05, 0) is 18.6 Å². The van der Waals surface area contributed by atoms with Gasteiger partial charge >= 0.3 is 0 Å². The molecule has 1 aromatic rings. The van der Waals surface area contributed by atoms with E-state index in [1.165, 1.54) is 0 Å². The first kappa shape index (κ1) is 14.8. The average Bonchev–Trinajstić information content (AvgIpc) is 2.53. The largest absolute Gasteiger partial charge is 0.491 e. The fourth-order valence-electron chi connectivity index (χ4n) is 2.00. The first-order chi connectivity index (χ1) is 9.79. The van der Waals surface area contributed by atoms with Crippen LogP contribution in [0.1, 0.15) is 13.3 Å². The molecule has 110 valence electrons. The molecule has 2 unspecified atom stereocenters. The predicted octanol–water partition coefficient (Wildman–Crippen LogP) is 0.949. The molecular weight excluding hydrogens is 256 g/mol. The van der Waals surface area contributed by atoms with Crippen LogP contribution in [0.3, 0.4) is 0 Å². The summed E-state index contributed by atoms with van der Waals surface area (Å²) in [5, 5.41) is 6.13. The highest BCUT2D eigenvalue weighted by Gasteiger charge is 2.23. The van der Waals surface area contributed by atoms with E-state index in [4.69, 9.17) is 9.47 Å². The molecule has 1 amide bonds. The molecule has 0 spiro atoms. The Morgan fingerprint density at radius 3 is 2.95 bits per heavy atom. The first-order valence-corrected chi connectivity index (χ1v) is 7.10. The molecule has 2 N–H and O–H groups in total. The fourth-order valence-corrected chi connectivity index (χ4v) is 2.00. The second-order valence-corrected chi connectivity index (χ2v) is 4.80. The molecule has 2 rings (SSSR count). The van der Waals surface area contributed by atoms with Gasteiger partial charge in [0.25, 0.3) is 5.91 Å². The molecule has 1 fully saturated rings. The maximum absolute atomic E-state index is 12.0. The van der Waals surface area contributed by atoms with Crippen molar-refractivity contribution in [2.75, 3.05) is 26.3 Å². The molecule has 1 aromatic carbocycles. The van der Waals surface area contributed by atoms with Crippen LogP contribution in [0.15, 0.2) is 30.3 Å². The smallest absolute Gasteiger partial charge is 0.250 e. The van der Waals surface area contributed by atoms with Gasteiger partial charge in [-0.1, -0.05) is 25.1 Å². The molecule has 0 radical (unpaired) electrons. The summed E-state index contributed by atoms with van der Waals surface area (Å²) in [5.74, 6) is 0.747. The number of hydrogen-bond donors (Lipinski definition) is 2. The normalized spacial score (nSPS) is 20.1. The third-order valence-electron chi connectivity index (χ3n) is 3.25. The number of carbonyl (C=O) groups is 1. The zero-order valence-electron chi connectivity index (χ0n) is 11.8. The summed E-state index contributed by atoms with van der Waals surface area (Å²) in [6, 6.07) is 9.60. The molecule has 0 aromatic heterocycles. The lowest BCUT2D eigenvalue weighted by molar-refractivity contribution is -0.135. The standard InChI is InChI=1S/C15H22N2O3/c1-2-12(11-20-13-6-4-3-5-7-13)17-15(18)14-10-16-8-9-19-14/h3-7,12,14,16H,2,8-11H2,1H3,(H,17,18). The SMILES string of the molecule is CCC(COc1ccccc1)NC(=O)C1CNCCO1. The first-order valence-electron chi connectivity index (χ1n) is 7.10. The number of rotatable bonds is 6. The summed E-state index contributed by atoms with van der Waals surface area (Å²) in [7, 11) is 0. The molecule has 1 aliphatic heterocycles. The van der Waals surface area contributed by atoms with E-state index in [1.54, 1.807) is 0 Å². The highest BCUT2D eigenvalue weighted by atomic mass is 16.5. The highest BCUT2D eigenvalue weighted by molar-refractivity contribution is 5.81. The van der Waals surface area contributed by atoms with Gasteiger partial charge < -0.3 is 20.1 Å². The molecule has 1 aliphatic rings. The molecular formula is C15H22N2O3. The second kappa shape index (κ2) is 7.87. The molecule has 0 bridgehead atoms. The van der Waals surface area contributed by atoms with E-state index in [0.29, 0.717) is 19.8 Å². The Balaban J connectivity index is 1.78. The van der Waals surface area contributed by atoms with Gasteiger partial charge in [-0.15, -0.1) is 0 Å². The zero-order valence-corrected chi connectivity index (χ0v) is 11.8. The van der Waals surface area contributed by atoms with Gasteiger partial charge in [0.2, 0.25) is 0 Å². The van der Waals surface area contributed by atoms with Crippen LogP contribution in [0.5, 0.6) is 5.75 Å². The molecule has 0 saturated carbocycles. The highest BCUT2D eigenvalue weighted by Crippen LogP contribution is 2.09. The molecule has 5 heteroatoms. The van der Waals surface area contributed by atoms with Crippen LogP contribution >= 0.6 is 0 Å². The van der Waals surface area contributed by atoms with E-state index < -0.39 is 6.10 Å². The Morgan fingerprint density at radius 2 is 2.30 bits per heavy atom. The van der Waals surface area contributed by atoms with Gasteiger partial charge in [0.15, 0.2) is 0 Å². The van der Waals surface area contributed by atoms with Crippen molar-refractivity contribution < 1.29 is 14.3 Å². The fraction of sp³-hybridized carbons (Fsp3) is 0.533. The van der Waals surface area contributed by atoms with Gasteiger partial charge in [0.05, 0.1) is 12.6 Å². The summed E-state index contributed by atoms with van der Waals surface area (Å²) in [6.07, 6.45) is 0.424. The number of benzene rings is 1. The average molecular weight is 278 g/mol. The van der Waals surface area contributed by atoms with E-state index in [1.807, 2.05) is 37.3 Å². The van der Waals surface area contributed by atoms with Gasteiger partial charge in [0, 0.05) is 13.1 Å². The summed E-state index contributed by atoms with van der Waals surface area (Å²) < 4.78 is 11.1. The minimum Gasteiger partial charge on any atom is -0.491 e. The topological polar surface area (TPSA) is 59.6 Å². The molecule has 20 heavy (non-hydrogen) atoms. The number of hydrogen-bond acceptors (Lipinski definition) is 4. The summed E-state index contributed by atoms with van der Waals surface area (Å²) in [6.45, 7) is 4.45. The second-order valence-electron chi connectivity index (χ2n) is 4.80. The third kappa shape index (κ3) is 4.51. The van der Waals surface area contributed by atoms with E-state index in [2.05, 4.69) is 10.6 Å². The Kier molecular flexibility index (Phi) is 5.83. The molecule has 5 nitrogen and oxygen atoms in total. The number of carbonyl (C=O) groups excluding carboxylic acids is 1. The van der Waals surface area contributed by atoms with E-state index >= 15 is 0 Å². The summed E-state index contributed by atoms with van der Waals surface area (Å²) in [5.41, 5.74) is 0. The number of amides is 1. The molecule has 1 saturated heterocycles. The molecule has 0 aliphatic carbocycles. The summed E-state index contributed by atoms with van der Waals surface area (Å²) >= 11 is 0. The van der Waals surface area contributed by atoms with Crippen molar-refractivity contribution in [3.63, 3.8) is 0 Å². The van der Waals surface area contributed by atoms with Gasteiger partial charge in [0.1, 0.15) is 18.5 Å².